The van der Waals surface area contributed by atoms with Crippen molar-refractivity contribution in [1.82, 2.24) is 5.32 Å². The molecule has 1 fully saturated rings. The van der Waals surface area contributed by atoms with Crippen LogP contribution in [-0.4, -0.2) is 23.1 Å². The molecule has 118 valence electrons. The molecule has 1 aromatic carbocycles. The first-order valence-corrected chi connectivity index (χ1v) is 9.18. The van der Waals surface area contributed by atoms with Crippen molar-refractivity contribution in [2.75, 3.05) is 12.3 Å². The van der Waals surface area contributed by atoms with Crippen LogP contribution in [0, 0.1) is 0 Å². The molecular weight excluding hydrogens is 278 g/mol. The van der Waals surface area contributed by atoms with Gasteiger partial charge in [-0.05, 0) is 58.4 Å². The van der Waals surface area contributed by atoms with Gasteiger partial charge in [0.1, 0.15) is 5.75 Å². The van der Waals surface area contributed by atoms with Crippen LogP contribution >= 0.6 is 11.8 Å². The lowest BCUT2D eigenvalue weighted by Crippen LogP contribution is -2.38. The number of rotatable bonds is 7. The fourth-order valence-corrected chi connectivity index (χ4v) is 4.47. The fourth-order valence-electron chi connectivity index (χ4n) is 3.05. The minimum Gasteiger partial charge on any atom is -0.491 e. The normalized spacial score (nSPS) is 23.5. The molecule has 0 radical (unpaired) electrons. The van der Waals surface area contributed by atoms with Crippen molar-refractivity contribution in [2.45, 2.75) is 63.9 Å². The summed E-state index contributed by atoms with van der Waals surface area (Å²) in [6, 6.07) is 8.91. The molecule has 3 heteroatoms. The lowest BCUT2D eigenvalue weighted by Gasteiger charge is -2.35. The average molecular weight is 308 g/mol. The van der Waals surface area contributed by atoms with Crippen LogP contribution in [-0.2, 0) is 0 Å². The first-order valence-electron chi connectivity index (χ1n) is 8.19. The number of ether oxygens (including phenoxy) is 1. The Bertz CT molecular complexity index is 441. The monoisotopic (exact) mass is 307 g/mol. The molecule has 1 heterocycles. The summed E-state index contributed by atoms with van der Waals surface area (Å²) in [7, 11) is 0. The molecule has 2 unspecified atom stereocenters. The Labute approximate surface area is 134 Å². The summed E-state index contributed by atoms with van der Waals surface area (Å²) >= 11 is 2.11. The minimum absolute atomic E-state index is 0.210. The van der Waals surface area contributed by atoms with Gasteiger partial charge in [-0.3, -0.25) is 0 Å². The van der Waals surface area contributed by atoms with Gasteiger partial charge in [-0.25, -0.2) is 0 Å². The number of para-hydroxylation sites is 1. The van der Waals surface area contributed by atoms with Crippen LogP contribution in [0.4, 0.5) is 0 Å². The van der Waals surface area contributed by atoms with Gasteiger partial charge in [0.25, 0.3) is 0 Å². The summed E-state index contributed by atoms with van der Waals surface area (Å²) < 4.78 is 6.33. The highest BCUT2D eigenvalue weighted by Crippen LogP contribution is 2.48. The number of benzene rings is 1. The Morgan fingerprint density at radius 1 is 1.33 bits per heavy atom. The second kappa shape index (κ2) is 7.55. The Kier molecular flexibility index (Phi) is 6.00. The molecule has 0 aromatic heterocycles. The molecule has 1 aromatic rings. The first-order chi connectivity index (χ1) is 10.1. The first kappa shape index (κ1) is 16.7. The average Bonchev–Trinajstić information content (AvgIpc) is 2.88. The lowest BCUT2D eigenvalue weighted by molar-refractivity contribution is 0.235. The predicted molar refractivity (Wildman–Crippen MR) is 93.3 cm³/mol. The van der Waals surface area contributed by atoms with E-state index in [1.807, 2.05) is 0 Å². The summed E-state index contributed by atoms with van der Waals surface area (Å²) in [6.07, 6.45) is 3.96. The molecule has 1 N–H and O–H groups in total. The van der Waals surface area contributed by atoms with Crippen molar-refractivity contribution in [3.05, 3.63) is 29.8 Å². The Balaban J connectivity index is 2.31. The van der Waals surface area contributed by atoms with Crippen LogP contribution in [0.2, 0.25) is 0 Å². The molecule has 0 bridgehead atoms. The van der Waals surface area contributed by atoms with Gasteiger partial charge in [-0.1, -0.05) is 25.1 Å². The van der Waals surface area contributed by atoms with Crippen molar-refractivity contribution < 1.29 is 4.74 Å². The molecule has 0 amide bonds. The molecule has 0 aliphatic carbocycles. The van der Waals surface area contributed by atoms with E-state index in [1.165, 1.54) is 24.2 Å². The van der Waals surface area contributed by atoms with Crippen LogP contribution in [0.5, 0.6) is 5.75 Å². The summed E-state index contributed by atoms with van der Waals surface area (Å²) in [5, 5.41) is 3.78. The summed E-state index contributed by atoms with van der Waals surface area (Å²) in [4.78, 5) is 0. The standard InChI is InChI=1S/C18H29NOS/c1-5-12-19-17(18(4)11-8-13-21-18)15-9-6-7-10-16(15)20-14(2)3/h6-7,9-10,14,17,19H,5,8,11-13H2,1-4H3. The molecular formula is C18H29NOS. The highest BCUT2D eigenvalue weighted by atomic mass is 32.2. The Hall–Kier alpha value is -0.670. The smallest absolute Gasteiger partial charge is 0.124 e. The van der Waals surface area contributed by atoms with Gasteiger partial charge in [0, 0.05) is 10.3 Å². The zero-order valence-electron chi connectivity index (χ0n) is 13.8. The predicted octanol–water partition coefficient (Wildman–Crippen LogP) is 4.80. The maximum absolute atomic E-state index is 6.06. The minimum atomic E-state index is 0.210. The second-order valence-corrected chi connectivity index (χ2v) is 7.99. The van der Waals surface area contributed by atoms with Crippen LogP contribution in [0.1, 0.15) is 58.6 Å². The Morgan fingerprint density at radius 2 is 2.10 bits per heavy atom. The zero-order valence-corrected chi connectivity index (χ0v) is 14.6. The molecule has 1 saturated heterocycles. The molecule has 2 rings (SSSR count). The molecule has 0 spiro atoms. The summed E-state index contributed by atoms with van der Waals surface area (Å²) in [5.74, 6) is 2.31. The third-order valence-electron chi connectivity index (χ3n) is 4.05. The van der Waals surface area contributed by atoms with Gasteiger partial charge < -0.3 is 10.1 Å². The van der Waals surface area contributed by atoms with E-state index in [9.17, 15) is 0 Å². The highest BCUT2D eigenvalue weighted by Gasteiger charge is 2.39. The number of thioether (sulfide) groups is 1. The number of nitrogens with one attached hydrogen (secondary N) is 1. The fraction of sp³-hybridized carbons (Fsp3) is 0.667. The van der Waals surface area contributed by atoms with Crippen LogP contribution in [0.25, 0.3) is 0 Å². The second-order valence-electron chi connectivity index (χ2n) is 6.36. The van der Waals surface area contributed by atoms with E-state index in [4.69, 9.17) is 4.74 Å². The van der Waals surface area contributed by atoms with Crippen molar-refractivity contribution in [1.29, 1.82) is 0 Å². The Morgan fingerprint density at radius 3 is 2.71 bits per heavy atom. The van der Waals surface area contributed by atoms with E-state index in [0.717, 1.165) is 18.7 Å². The molecule has 2 atom stereocenters. The van der Waals surface area contributed by atoms with Crippen LogP contribution < -0.4 is 10.1 Å². The molecule has 1 aliphatic heterocycles. The number of hydrogen-bond acceptors (Lipinski definition) is 3. The summed E-state index contributed by atoms with van der Waals surface area (Å²) in [6.45, 7) is 9.88. The van der Waals surface area contributed by atoms with Gasteiger partial charge in [0.15, 0.2) is 0 Å². The molecule has 0 saturated carbocycles. The molecule has 2 nitrogen and oxygen atoms in total. The van der Waals surface area contributed by atoms with Crippen molar-refractivity contribution in [3.8, 4) is 5.75 Å². The van der Waals surface area contributed by atoms with Crippen molar-refractivity contribution in [2.24, 2.45) is 0 Å². The van der Waals surface area contributed by atoms with Crippen molar-refractivity contribution >= 4 is 11.8 Å². The summed E-state index contributed by atoms with van der Waals surface area (Å²) in [5.41, 5.74) is 1.32. The van der Waals surface area contributed by atoms with E-state index in [-0.39, 0.29) is 10.9 Å². The molecule has 21 heavy (non-hydrogen) atoms. The van der Waals surface area contributed by atoms with E-state index in [1.54, 1.807) is 0 Å². The van der Waals surface area contributed by atoms with Gasteiger partial charge in [0.2, 0.25) is 0 Å². The largest absolute Gasteiger partial charge is 0.491 e. The lowest BCUT2D eigenvalue weighted by atomic mass is 9.89. The quantitative estimate of drug-likeness (QED) is 0.782. The third-order valence-corrected chi connectivity index (χ3v) is 5.64. The SMILES string of the molecule is CCCNC(c1ccccc1OC(C)C)C1(C)CCCS1. The maximum atomic E-state index is 6.06. The topological polar surface area (TPSA) is 21.3 Å². The van der Waals surface area contributed by atoms with E-state index < -0.39 is 0 Å². The zero-order chi connectivity index (χ0) is 15.3. The van der Waals surface area contributed by atoms with E-state index in [2.05, 4.69) is 69.0 Å². The maximum Gasteiger partial charge on any atom is 0.124 e. The van der Waals surface area contributed by atoms with Crippen LogP contribution in [0.3, 0.4) is 0 Å². The van der Waals surface area contributed by atoms with Crippen LogP contribution in [0.15, 0.2) is 24.3 Å². The number of hydrogen-bond donors (Lipinski definition) is 1. The highest BCUT2D eigenvalue weighted by molar-refractivity contribution is 8.00. The van der Waals surface area contributed by atoms with Crippen molar-refractivity contribution in [3.63, 3.8) is 0 Å². The third kappa shape index (κ3) is 4.17. The van der Waals surface area contributed by atoms with Gasteiger partial charge in [-0.2, -0.15) is 11.8 Å². The van der Waals surface area contributed by atoms with Gasteiger partial charge in [0.05, 0.1) is 12.1 Å². The molecule has 1 aliphatic rings. The van der Waals surface area contributed by atoms with Gasteiger partial charge >= 0.3 is 0 Å². The van der Waals surface area contributed by atoms with E-state index >= 15 is 0 Å². The van der Waals surface area contributed by atoms with Gasteiger partial charge in [-0.15, -0.1) is 0 Å². The van der Waals surface area contributed by atoms with E-state index in [0.29, 0.717) is 6.04 Å².